The van der Waals surface area contributed by atoms with Crippen molar-refractivity contribution >= 4 is 23.2 Å². The molecule has 0 aliphatic heterocycles. The zero-order valence-corrected chi connectivity index (χ0v) is 14.7. The largest absolute Gasteiger partial charge is 0.332 e. The van der Waals surface area contributed by atoms with Crippen molar-refractivity contribution in [1.29, 1.82) is 0 Å². The lowest BCUT2D eigenvalue weighted by Crippen LogP contribution is -2.32. The van der Waals surface area contributed by atoms with Gasteiger partial charge in [-0.25, -0.2) is 4.98 Å². The molecular weight excluding hydrogens is 324 g/mol. The van der Waals surface area contributed by atoms with E-state index in [1.54, 1.807) is 34.8 Å². The molecule has 124 valence electrons. The summed E-state index contributed by atoms with van der Waals surface area (Å²) in [7, 11) is 1.80. The summed E-state index contributed by atoms with van der Waals surface area (Å²) >= 11 is 6.09. The summed E-state index contributed by atoms with van der Waals surface area (Å²) in [5.74, 6) is -0.0974. The van der Waals surface area contributed by atoms with E-state index in [0.717, 1.165) is 12.1 Å². The van der Waals surface area contributed by atoms with E-state index in [4.69, 9.17) is 11.6 Å². The first-order valence-corrected chi connectivity index (χ1v) is 8.23. The summed E-state index contributed by atoms with van der Waals surface area (Å²) in [4.78, 5) is 23.7. The number of hydrogen-bond acceptors (Lipinski definition) is 3. The summed E-state index contributed by atoms with van der Waals surface area (Å²) in [6.07, 6.45) is 4.24. The number of nitrogens with zero attached hydrogens (tertiary/aromatic N) is 4. The molecule has 0 bridgehead atoms. The molecule has 3 aromatic rings. The maximum Gasteiger partial charge on any atom is 0.273 e. The average molecular weight is 343 g/mol. The number of halogens is 1. The maximum absolute atomic E-state index is 13.1. The van der Waals surface area contributed by atoms with Crippen LogP contribution in [0.2, 0.25) is 5.02 Å². The van der Waals surface area contributed by atoms with Gasteiger partial charge in [-0.05, 0) is 37.6 Å². The molecule has 0 aromatic carbocycles. The summed E-state index contributed by atoms with van der Waals surface area (Å²) in [5, 5.41) is 0.563. The Bertz CT molecular complexity index is 875. The van der Waals surface area contributed by atoms with E-state index in [-0.39, 0.29) is 11.9 Å². The van der Waals surface area contributed by atoms with Crippen LogP contribution in [-0.4, -0.2) is 32.2 Å². The smallest absolute Gasteiger partial charge is 0.273 e. The van der Waals surface area contributed by atoms with Gasteiger partial charge in [0.25, 0.3) is 5.91 Å². The number of pyridine rings is 2. The molecular formula is C18H19ClN4O. The first kappa shape index (κ1) is 16.5. The molecule has 0 saturated carbocycles. The Morgan fingerprint density at radius 1 is 1.33 bits per heavy atom. The van der Waals surface area contributed by atoms with Crippen molar-refractivity contribution in [2.24, 2.45) is 0 Å². The van der Waals surface area contributed by atoms with Gasteiger partial charge in [-0.3, -0.25) is 14.2 Å². The fraction of sp³-hybridized carbons (Fsp3) is 0.278. The minimum atomic E-state index is -0.0974. The molecule has 0 aliphatic carbocycles. The van der Waals surface area contributed by atoms with Crippen molar-refractivity contribution in [2.75, 3.05) is 7.05 Å². The van der Waals surface area contributed by atoms with E-state index >= 15 is 0 Å². The number of fused-ring (bicyclic) bond motifs is 1. The summed E-state index contributed by atoms with van der Waals surface area (Å²) in [6.45, 7) is 3.88. The van der Waals surface area contributed by atoms with Crippen LogP contribution in [0.1, 0.15) is 41.3 Å². The van der Waals surface area contributed by atoms with Crippen LogP contribution in [0.3, 0.4) is 0 Å². The highest BCUT2D eigenvalue weighted by Crippen LogP contribution is 2.24. The first-order chi connectivity index (χ1) is 11.5. The second kappa shape index (κ2) is 6.61. The molecule has 6 heteroatoms. The number of hydrogen-bond donors (Lipinski definition) is 0. The highest BCUT2D eigenvalue weighted by atomic mass is 35.5. The van der Waals surface area contributed by atoms with Gasteiger partial charge in [0.2, 0.25) is 0 Å². The van der Waals surface area contributed by atoms with Crippen molar-refractivity contribution in [3.8, 4) is 0 Å². The summed E-state index contributed by atoms with van der Waals surface area (Å²) in [6, 6.07) is 9.22. The van der Waals surface area contributed by atoms with Crippen LogP contribution in [0, 0.1) is 6.92 Å². The van der Waals surface area contributed by atoms with Gasteiger partial charge in [-0.15, -0.1) is 0 Å². The van der Waals surface area contributed by atoms with E-state index in [0.29, 0.717) is 22.1 Å². The topological polar surface area (TPSA) is 50.5 Å². The molecule has 24 heavy (non-hydrogen) atoms. The number of rotatable bonds is 4. The predicted octanol–water partition coefficient (Wildman–Crippen LogP) is 3.91. The molecule has 0 saturated heterocycles. The molecule has 3 heterocycles. The number of carbonyl (C=O) groups is 1. The minimum absolute atomic E-state index is 0.0946. The van der Waals surface area contributed by atoms with E-state index in [9.17, 15) is 4.79 Å². The van der Waals surface area contributed by atoms with Gasteiger partial charge >= 0.3 is 0 Å². The lowest BCUT2D eigenvalue weighted by Gasteiger charge is -2.27. The standard InChI is InChI=1S/C18H19ClN4O/c1-4-15(14-7-5-6-10-20-14)22(3)18(24)17-12(2)21-16-9-8-13(19)11-23(16)17/h5-11,15H,4H2,1-3H3. The monoisotopic (exact) mass is 342 g/mol. The Morgan fingerprint density at radius 3 is 2.79 bits per heavy atom. The van der Waals surface area contributed by atoms with E-state index < -0.39 is 0 Å². The van der Waals surface area contributed by atoms with Crippen LogP contribution < -0.4 is 0 Å². The van der Waals surface area contributed by atoms with E-state index in [1.165, 1.54) is 0 Å². The van der Waals surface area contributed by atoms with Gasteiger partial charge in [0.05, 0.1) is 22.5 Å². The third kappa shape index (κ3) is 2.87. The second-order valence-electron chi connectivity index (χ2n) is 5.72. The van der Waals surface area contributed by atoms with Crippen molar-refractivity contribution < 1.29 is 4.79 Å². The van der Waals surface area contributed by atoms with E-state index in [2.05, 4.69) is 9.97 Å². The van der Waals surface area contributed by atoms with Crippen LogP contribution in [0.15, 0.2) is 42.7 Å². The second-order valence-corrected chi connectivity index (χ2v) is 6.15. The fourth-order valence-corrected chi connectivity index (χ4v) is 3.12. The molecule has 0 radical (unpaired) electrons. The molecule has 1 amide bonds. The maximum atomic E-state index is 13.1. The lowest BCUT2D eigenvalue weighted by atomic mass is 10.1. The van der Waals surface area contributed by atoms with E-state index in [1.807, 2.05) is 38.1 Å². The molecule has 0 spiro atoms. The molecule has 0 N–H and O–H groups in total. The Hall–Kier alpha value is -2.40. The Kier molecular flexibility index (Phi) is 4.53. The molecule has 5 nitrogen and oxygen atoms in total. The SMILES string of the molecule is CCC(c1ccccn1)N(C)C(=O)c1c(C)nc2ccc(Cl)cn12. The van der Waals surface area contributed by atoms with Gasteiger partial charge in [0.1, 0.15) is 11.3 Å². The molecule has 1 unspecified atom stereocenters. The molecule has 1 atom stereocenters. The molecule has 0 fully saturated rings. The van der Waals surface area contributed by atoms with Gasteiger partial charge in [-0.2, -0.15) is 0 Å². The van der Waals surface area contributed by atoms with Gasteiger partial charge in [0.15, 0.2) is 0 Å². The molecule has 3 aromatic heterocycles. The van der Waals surface area contributed by atoms with Crippen LogP contribution in [0.5, 0.6) is 0 Å². The number of aryl methyl sites for hydroxylation is 1. The minimum Gasteiger partial charge on any atom is -0.332 e. The molecule has 3 rings (SSSR count). The number of carbonyl (C=O) groups excluding carboxylic acids is 1. The van der Waals surface area contributed by atoms with Crippen molar-refractivity contribution in [3.63, 3.8) is 0 Å². The third-order valence-electron chi connectivity index (χ3n) is 4.16. The Labute approximate surface area is 145 Å². The van der Waals surface area contributed by atoms with Crippen LogP contribution >= 0.6 is 11.6 Å². The van der Waals surface area contributed by atoms with Crippen LogP contribution in [0.25, 0.3) is 5.65 Å². The zero-order valence-electron chi connectivity index (χ0n) is 13.9. The Morgan fingerprint density at radius 2 is 2.12 bits per heavy atom. The summed E-state index contributed by atoms with van der Waals surface area (Å²) < 4.78 is 1.75. The van der Waals surface area contributed by atoms with Gasteiger partial charge in [0, 0.05) is 19.4 Å². The zero-order chi connectivity index (χ0) is 17.3. The van der Waals surface area contributed by atoms with Crippen molar-refractivity contribution in [3.05, 3.63) is 64.8 Å². The quantitative estimate of drug-likeness (QED) is 0.722. The van der Waals surface area contributed by atoms with Crippen molar-refractivity contribution in [1.82, 2.24) is 19.3 Å². The van der Waals surface area contributed by atoms with Crippen molar-refractivity contribution in [2.45, 2.75) is 26.3 Å². The number of amides is 1. The van der Waals surface area contributed by atoms with Gasteiger partial charge < -0.3 is 4.90 Å². The van der Waals surface area contributed by atoms with Crippen LogP contribution in [-0.2, 0) is 0 Å². The average Bonchev–Trinajstić information content (AvgIpc) is 2.90. The number of aromatic nitrogens is 3. The lowest BCUT2D eigenvalue weighted by molar-refractivity contribution is 0.0715. The fourth-order valence-electron chi connectivity index (χ4n) is 2.96. The third-order valence-corrected chi connectivity index (χ3v) is 4.39. The highest BCUT2D eigenvalue weighted by molar-refractivity contribution is 6.30. The van der Waals surface area contributed by atoms with Gasteiger partial charge in [-0.1, -0.05) is 24.6 Å². The predicted molar refractivity (Wildman–Crippen MR) is 94.3 cm³/mol. The normalized spacial score (nSPS) is 12.3. The first-order valence-electron chi connectivity index (χ1n) is 7.85. The summed E-state index contributed by atoms with van der Waals surface area (Å²) in [5.41, 5.74) is 2.80. The molecule has 0 aliphatic rings. The Balaban J connectivity index is 2.02. The van der Waals surface area contributed by atoms with Crippen LogP contribution in [0.4, 0.5) is 0 Å². The highest BCUT2D eigenvalue weighted by Gasteiger charge is 2.26. The number of imidazole rings is 1.